The molecule has 192 valence electrons. The summed E-state index contributed by atoms with van der Waals surface area (Å²) in [5, 5.41) is 0. The molecule has 1 amide bonds. The van der Waals surface area contributed by atoms with Crippen LogP contribution in [0.4, 0.5) is 4.79 Å². The summed E-state index contributed by atoms with van der Waals surface area (Å²) >= 11 is 0. The maximum atomic E-state index is 13.8. The smallest absolute Gasteiger partial charge is 0.410 e. The van der Waals surface area contributed by atoms with E-state index in [9.17, 15) is 9.59 Å². The van der Waals surface area contributed by atoms with Crippen molar-refractivity contribution in [2.24, 2.45) is 5.92 Å². The van der Waals surface area contributed by atoms with Crippen molar-refractivity contribution in [3.63, 3.8) is 0 Å². The Kier molecular flexibility index (Phi) is 7.89. The Balaban J connectivity index is 1.46. The summed E-state index contributed by atoms with van der Waals surface area (Å²) in [6.45, 7) is 9.21. The molecule has 0 radical (unpaired) electrons. The number of fused-ring (bicyclic) bond motifs is 3. The highest BCUT2D eigenvalue weighted by Gasteiger charge is 2.45. The lowest BCUT2D eigenvalue weighted by Crippen LogP contribution is -2.53. The van der Waals surface area contributed by atoms with Gasteiger partial charge < -0.3 is 14.4 Å². The average molecular weight is 483 g/mol. The second kappa shape index (κ2) is 10.7. The first kappa shape index (κ1) is 25.7. The number of benzene rings is 1. The zero-order chi connectivity index (χ0) is 25.1. The molecule has 6 heteroatoms. The second-order valence-corrected chi connectivity index (χ2v) is 11.6. The number of ether oxygens (including phenoxy) is 2. The van der Waals surface area contributed by atoms with Crippen molar-refractivity contribution in [1.82, 2.24) is 9.80 Å². The number of rotatable bonds is 6. The maximum Gasteiger partial charge on any atom is 0.410 e. The molecule has 3 aliphatic heterocycles. The Labute approximate surface area is 210 Å². The van der Waals surface area contributed by atoms with E-state index in [-0.39, 0.29) is 18.2 Å². The van der Waals surface area contributed by atoms with Crippen molar-refractivity contribution in [3.8, 4) is 0 Å². The summed E-state index contributed by atoms with van der Waals surface area (Å²) in [7, 11) is 1.73. The highest BCUT2D eigenvalue weighted by Crippen LogP contribution is 2.42. The lowest BCUT2D eigenvalue weighted by atomic mass is 9.69. The first-order chi connectivity index (χ1) is 16.7. The largest absolute Gasteiger partial charge is 0.460 e. The Morgan fingerprint density at radius 3 is 2.49 bits per heavy atom. The predicted molar refractivity (Wildman–Crippen MR) is 138 cm³/mol. The molecule has 3 saturated heterocycles. The second-order valence-electron chi connectivity index (χ2n) is 11.6. The van der Waals surface area contributed by atoms with E-state index in [0.29, 0.717) is 12.5 Å². The number of carbonyl (C=O) groups is 2. The number of carbonyl (C=O) groups excluding carboxylic acids is 2. The van der Waals surface area contributed by atoms with E-state index in [0.717, 1.165) is 69.3 Å². The third-order valence-electron chi connectivity index (χ3n) is 7.79. The fraction of sp³-hybridized carbons (Fsp3) is 0.655. The van der Waals surface area contributed by atoms with Gasteiger partial charge in [0.2, 0.25) is 0 Å². The van der Waals surface area contributed by atoms with Crippen LogP contribution in [0, 0.1) is 5.92 Å². The van der Waals surface area contributed by atoms with Crippen LogP contribution in [0.2, 0.25) is 0 Å². The summed E-state index contributed by atoms with van der Waals surface area (Å²) in [5.41, 5.74) is 1.02. The molecule has 6 nitrogen and oxygen atoms in total. The van der Waals surface area contributed by atoms with Gasteiger partial charge in [0.25, 0.3) is 0 Å². The van der Waals surface area contributed by atoms with E-state index in [4.69, 9.17) is 9.47 Å². The minimum Gasteiger partial charge on any atom is -0.460 e. The van der Waals surface area contributed by atoms with Crippen LogP contribution in [-0.4, -0.2) is 66.8 Å². The molecule has 0 aromatic heterocycles. The molecule has 0 N–H and O–H groups in total. The van der Waals surface area contributed by atoms with Crippen LogP contribution in [0.1, 0.15) is 76.8 Å². The van der Waals surface area contributed by atoms with Gasteiger partial charge in [-0.05, 0) is 76.6 Å². The number of hydrogen-bond acceptors (Lipinski definition) is 5. The zero-order valence-electron chi connectivity index (χ0n) is 21.9. The molecule has 1 atom stereocenters. The topological polar surface area (TPSA) is 59.1 Å². The van der Waals surface area contributed by atoms with Gasteiger partial charge in [0.05, 0.1) is 5.41 Å². The molecule has 35 heavy (non-hydrogen) atoms. The molecule has 4 aliphatic rings. The van der Waals surface area contributed by atoms with E-state index in [1.54, 1.807) is 11.9 Å². The highest BCUT2D eigenvalue weighted by molar-refractivity contribution is 5.84. The Bertz CT molecular complexity index is 921. The van der Waals surface area contributed by atoms with Gasteiger partial charge in [0.1, 0.15) is 11.7 Å². The number of amides is 1. The minimum atomic E-state index is -0.554. The first-order valence-corrected chi connectivity index (χ1v) is 13.3. The summed E-state index contributed by atoms with van der Waals surface area (Å²) in [4.78, 5) is 29.9. The molecule has 5 rings (SSSR count). The molecule has 1 aliphatic carbocycles. The van der Waals surface area contributed by atoms with Gasteiger partial charge in [-0.25, -0.2) is 4.79 Å². The summed E-state index contributed by atoms with van der Waals surface area (Å²) < 4.78 is 11.7. The van der Waals surface area contributed by atoms with Crippen molar-refractivity contribution < 1.29 is 19.1 Å². The van der Waals surface area contributed by atoms with Crippen molar-refractivity contribution in [2.75, 3.05) is 33.2 Å². The Morgan fingerprint density at radius 1 is 1.14 bits per heavy atom. The molecule has 3 heterocycles. The normalized spacial score (nSPS) is 25.9. The highest BCUT2D eigenvalue weighted by atomic mass is 16.6. The van der Waals surface area contributed by atoms with Crippen LogP contribution in [-0.2, 0) is 19.7 Å². The van der Waals surface area contributed by atoms with Gasteiger partial charge in [0, 0.05) is 20.1 Å². The molecule has 2 bridgehead atoms. The number of piperidine rings is 3. The third kappa shape index (κ3) is 6.27. The lowest BCUT2D eigenvalue weighted by molar-refractivity contribution is -0.167. The van der Waals surface area contributed by atoms with E-state index in [2.05, 4.69) is 17.0 Å². The van der Waals surface area contributed by atoms with E-state index >= 15 is 0 Å². The summed E-state index contributed by atoms with van der Waals surface area (Å²) in [6, 6.07) is 8.30. The standard InChI is InChI=1S/C29H42N2O4/c1-28(2,3)35-27(33)30(4)17-9-11-22-10-8-12-24(20-22)29(15-6-5-7-16-29)26(32)34-25-21-31-18-13-23(25)14-19-31/h8-12,20,23,25H,5-7,13-19,21H2,1-4H3/b11-9+. The van der Waals surface area contributed by atoms with Crippen molar-refractivity contribution in [2.45, 2.75) is 82.8 Å². The molecule has 1 unspecified atom stereocenters. The van der Waals surface area contributed by atoms with Crippen molar-refractivity contribution in [3.05, 3.63) is 41.5 Å². The number of hydrogen-bond donors (Lipinski definition) is 0. The fourth-order valence-electron chi connectivity index (χ4n) is 5.76. The van der Waals surface area contributed by atoms with Gasteiger partial charge in [-0.15, -0.1) is 0 Å². The molecular formula is C29H42N2O4. The molecule has 1 saturated carbocycles. The number of esters is 1. The van der Waals surface area contributed by atoms with Crippen molar-refractivity contribution >= 4 is 18.1 Å². The Hall–Kier alpha value is -2.34. The number of likely N-dealkylation sites (N-methyl/N-ethyl adjacent to an activating group) is 1. The summed E-state index contributed by atoms with van der Waals surface area (Å²) in [6.07, 6.45) is 10.9. The monoisotopic (exact) mass is 482 g/mol. The van der Waals surface area contributed by atoms with Crippen molar-refractivity contribution in [1.29, 1.82) is 0 Å². The fourth-order valence-corrected chi connectivity index (χ4v) is 5.76. The van der Waals surface area contributed by atoms with Gasteiger partial charge in [-0.1, -0.05) is 55.7 Å². The SMILES string of the molecule is CN(C/C=C/c1cccc(C2(C(=O)OC3CN4CCC3CC4)CCCCC2)c1)C(=O)OC(C)(C)C. The van der Waals surface area contributed by atoms with Gasteiger partial charge in [-0.2, -0.15) is 0 Å². The molecule has 0 spiro atoms. The lowest BCUT2D eigenvalue weighted by Gasteiger charge is -2.45. The zero-order valence-corrected chi connectivity index (χ0v) is 21.9. The van der Waals surface area contributed by atoms with Crippen LogP contribution in [0.5, 0.6) is 0 Å². The third-order valence-corrected chi connectivity index (χ3v) is 7.79. The predicted octanol–water partition coefficient (Wildman–Crippen LogP) is 5.41. The summed E-state index contributed by atoms with van der Waals surface area (Å²) in [5.74, 6) is 0.488. The Morgan fingerprint density at radius 2 is 1.86 bits per heavy atom. The van der Waals surface area contributed by atoms with Gasteiger partial charge >= 0.3 is 12.1 Å². The van der Waals surface area contributed by atoms with Crippen LogP contribution >= 0.6 is 0 Å². The average Bonchev–Trinajstić information content (AvgIpc) is 2.84. The van der Waals surface area contributed by atoms with Crippen LogP contribution in [0.3, 0.4) is 0 Å². The van der Waals surface area contributed by atoms with Crippen LogP contribution in [0.15, 0.2) is 30.3 Å². The van der Waals surface area contributed by atoms with Crippen LogP contribution < -0.4 is 0 Å². The quantitative estimate of drug-likeness (QED) is 0.508. The molecule has 1 aromatic rings. The van der Waals surface area contributed by atoms with Gasteiger partial charge in [0.15, 0.2) is 0 Å². The molecular weight excluding hydrogens is 440 g/mol. The van der Waals surface area contributed by atoms with E-state index in [1.165, 1.54) is 6.42 Å². The van der Waals surface area contributed by atoms with E-state index < -0.39 is 11.0 Å². The van der Waals surface area contributed by atoms with Gasteiger partial charge in [-0.3, -0.25) is 9.69 Å². The molecule has 4 fully saturated rings. The molecule has 1 aromatic carbocycles. The number of nitrogens with zero attached hydrogens (tertiary/aromatic N) is 2. The van der Waals surface area contributed by atoms with E-state index in [1.807, 2.05) is 45.1 Å². The first-order valence-electron chi connectivity index (χ1n) is 13.3. The minimum absolute atomic E-state index is 0.0262. The van der Waals surface area contributed by atoms with Crippen LogP contribution in [0.25, 0.3) is 6.08 Å². The maximum absolute atomic E-state index is 13.8.